The molecule has 0 unspecified atom stereocenters. The van der Waals surface area contributed by atoms with E-state index in [0.29, 0.717) is 29.7 Å². The first-order chi connectivity index (χ1) is 19.2. The standard InChI is InChI=1S/C28H27Cl2N5O4S/c1-17-14-23(34-13-11-31-16-34)19-4-2-6-24(27(19)32-17)39-15-20-21(29)9-10-25(26(20)30)40(37,38)35-12-3-5-22(35)28(36)33-18-7-8-18/h2,4,6,9-11,13-14,16,18,22H,3,5,7-8,12,15H2,1H3,(H,33,36)/t22-/m0/s1. The van der Waals surface area contributed by atoms with Gasteiger partial charge in [-0.1, -0.05) is 35.3 Å². The van der Waals surface area contributed by atoms with Gasteiger partial charge in [0.1, 0.15) is 28.8 Å². The molecule has 40 heavy (non-hydrogen) atoms. The second-order valence-electron chi connectivity index (χ2n) is 10.1. The minimum absolute atomic E-state index is 0.0239. The van der Waals surface area contributed by atoms with Gasteiger partial charge in [0.15, 0.2) is 0 Å². The van der Waals surface area contributed by atoms with Gasteiger partial charge in [-0.25, -0.2) is 18.4 Å². The molecule has 1 atom stereocenters. The second-order valence-corrected chi connectivity index (χ2v) is 12.7. The van der Waals surface area contributed by atoms with Crippen LogP contribution in [0.1, 0.15) is 36.9 Å². The molecule has 1 saturated heterocycles. The van der Waals surface area contributed by atoms with Crippen LogP contribution in [0.25, 0.3) is 16.6 Å². The van der Waals surface area contributed by atoms with Crippen LogP contribution >= 0.6 is 23.2 Å². The number of carbonyl (C=O) groups excluding carboxylic acids is 1. The zero-order valence-electron chi connectivity index (χ0n) is 21.7. The normalized spacial score (nSPS) is 17.8. The number of hydrogen-bond acceptors (Lipinski definition) is 6. The molecule has 0 spiro atoms. The summed E-state index contributed by atoms with van der Waals surface area (Å²) in [4.78, 5) is 21.5. The third-order valence-corrected chi connectivity index (χ3v) is 10.1. The van der Waals surface area contributed by atoms with Crippen molar-refractivity contribution in [1.29, 1.82) is 0 Å². The Labute approximate surface area is 242 Å². The molecule has 9 nitrogen and oxygen atoms in total. The first kappa shape index (κ1) is 27.0. The number of pyridine rings is 1. The van der Waals surface area contributed by atoms with E-state index in [0.717, 1.165) is 29.6 Å². The van der Waals surface area contributed by atoms with Crippen LogP contribution in [0.4, 0.5) is 0 Å². The Morgan fingerprint density at radius 2 is 2.00 bits per heavy atom. The van der Waals surface area contributed by atoms with E-state index in [2.05, 4.69) is 10.3 Å². The lowest BCUT2D eigenvalue weighted by molar-refractivity contribution is -0.124. The molecule has 0 radical (unpaired) electrons. The zero-order valence-corrected chi connectivity index (χ0v) is 24.0. The number of nitrogens with one attached hydrogen (secondary N) is 1. The van der Waals surface area contributed by atoms with Gasteiger partial charge in [-0.3, -0.25) is 4.79 Å². The van der Waals surface area contributed by atoms with Gasteiger partial charge in [-0.2, -0.15) is 4.31 Å². The molecule has 2 aliphatic rings. The van der Waals surface area contributed by atoms with E-state index in [1.54, 1.807) is 18.6 Å². The Morgan fingerprint density at radius 3 is 2.75 bits per heavy atom. The van der Waals surface area contributed by atoms with E-state index in [4.69, 9.17) is 32.9 Å². The fraction of sp³-hybridized carbons (Fsp3) is 0.321. The summed E-state index contributed by atoms with van der Waals surface area (Å²) in [5.74, 6) is 0.241. The number of ether oxygens (including phenoxy) is 1. The zero-order chi connectivity index (χ0) is 28.0. The van der Waals surface area contributed by atoms with Crippen molar-refractivity contribution in [3.8, 4) is 11.4 Å². The van der Waals surface area contributed by atoms with Gasteiger partial charge >= 0.3 is 0 Å². The smallest absolute Gasteiger partial charge is 0.245 e. The molecule has 1 aliphatic heterocycles. The lowest BCUT2D eigenvalue weighted by atomic mass is 10.1. The highest BCUT2D eigenvalue weighted by Gasteiger charge is 2.42. The van der Waals surface area contributed by atoms with Crippen molar-refractivity contribution >= 4 is 50.0 Å². The number of rotatable bonds is 8. The van der Waals surface area contributed by atoms with Crippen molar-refractivity contribution in [3.05, 3.63) is 76.4 Å². The largest absolute Gasteiger partial charge is 0.487 e. The van der Waals surface area contributed by atoms with Gasteiger partial charge in [0.2, 0.25) is 15.9 Å². The molecule has 0 bridgehead atoms. The number of halogens is 2. The molecule has 4 aromatic rings. The average molecular weight is 601 g/mol. The maximum Gasteiger partial charge on any atom is 0.245 e. The number of para-hydroxylation sites is 1. The molecule has 1 N–H and O–H groups in total. The molecule has 3 heterocycles. The summed E-state index contributed by atoms with van der Waals surface area (Å²) in [5, 5.41) is 4.04. The van der Waals surface area contributed by atoms with Gasteiger partial charge in [0.05, 0.1) is 17.0 Å². The number of sulfonamides is 1. The van der Waals surface area contributed by atoms with E-state index in [1.165, 1.54) is 16.4 Å². The van der Waals surface area contributed by atoms with Crippen LogP contribution in [0.2, 0.25) is 10.0 Å². The second kappa shape index (κ2) is 10.7. The Morgan fingerprint density at radius 1 is 1.18 bits per heavy atom. The number of amides is 1. The minimum atomic E-state index is -4.07. The molecule has 12 heteroatoms. The first-order valence-corrected chi connectivity index (χ1v) is 15.2. The maximum absolute atomic E-state index is 13.7. The molecule has 1 amide bonds. The van der Waals surface area contributed by atoms with Gasteiger partial charge in [-0.05, 0) is 56.9 Å². The van der Waals surface area contributed by atoms with Crippen molar-refractivity contribution in [2.75, 3.05) is 6.54 Å². The summed E-state index contributed by atoms with van der Waals surface area (Å²) in [5.41, 5.74) is 2.67. The van der Waals surface area contributed by atoms with Crippen LogP contribution in [0.15, 0.2) is 60.0 Å². The average Bonchev–Trinajstić information content (AvgIpc) is 3.36. The summed E-state index contributed by atoms with van der Waals surface area (Å²) in [6, 6.07) is 9.84. The van der Waals surface area contributed by atoms with Crippen molar-refractivity contribution in [1.82, 2.24) is 24.2 Å². The SMILES string of the molecule is Cc1cc(-n2ccnc2)c2cccc(OCc3c(Cl)ccc(S(=O)(=O)N4CCC[C@H]4C(=O)NC4CC4)c3Cl)c2n1. The van der Waals surface area contributed by atoms with Crippen LogP contribution in [0.5, 0.6) is 5.75 Å². The lowest BCUT2D eigenvalue weighted by Gasteiger charge is -2.24. The van der Waals surface area contributed by atoms with Crippen LogP contribution in [-0.4, -0.2) is 51.8 Å². The van der Waals surface area contributed by atoms with Crippen molar-refractivity contribution in [2.24, 2.45) is 0 Å². The number of benzene rings is 2. The molecular weight excluding hydrogens is 573 g/mol. The van der Waals surface area contributed by atoms with Gasteiger partial charge in [-0.15, -0.1) is 0 Å². The Bertz CT molecular complexity index is 1710. The molecule has 1 saturated carbocycles. The molecule has 6 rings (SSSR count). The van der Waals surface area contributed by atoms with E-state index in [9.17, 15) is 13.2 Å². The molecule has 208 valence electrons. The first-order valence-electron chi connectivity index (χ1n) is 13.0. The third-order valence-electron chi connectivity index (χ3n) is 7.23. The van der Waals surface area contributed by atoms with Gasteiger partial charge in [0, 0.05) is 46.6 Å². The Kier molecular flexibility index (Phi) is 7.20. The predicted molar refractivity (Wildman–Crippen MR) is 152 cm³/mol. The molecule has 2 aromatic heterocycles. The Balaban J connectivity index is 1.30. The van der Waals surface area contributed by atoms with Gasteiger partial charge < -0.3 is 14.6 Å². The summed E-state index contributed by atoms with van der Waals surface area (Å²) >= 11 is 13.2. The van der Waals surface area contributed by atoms with Crippen LogP contribution in [0.3, 0.4) is 0 Å². The van der Waals surface area contributed by atoms with Crippen molar-refractivity contribution in [3.63, 3.8) is 0 Å². The number of fused-ring (bicyclic) bond motifs is 1. The topological polar surface area (TPSA) is 106 Å². The minimum Gasteiger partial charge on any atom is -0.487 e. The monoisotopic (exact) mass is 599 g/mol. The quantitative estimate of drug-likeness (QED) is 0.304. The summed E-state index contributed by atoms with van der Waals surface area (Å²) < 4.78 is 36.8. The summed E-state index contributed by atoms with van der Waals surface area (Å²) in [7, 11) is -4.07. The highest BCUT2D eigenvalue weighted by Crippen LogP contribution is 2.37. The highest BCUT2D eigenvalue weighted by molar-refractivity contribution is 7.89. The number of hydrogen-bond donors (Lipinski definition) is 1. The van der Waals surface area contributed by atoms with E-state index >= 15 is 0 Å². The number of aromatic nitrogens is 3. The van der Waals surface area contributed by atoms with E-state index in [1.807, 2.05) is 35.9 Å². The maximum atomic E-state index is 13.7. The molecule has 1 aliphatic carbocycles. The number of aryl methyl sites for hydroxylation is 1. The third kappa shape index (κ3) is 5.05. The summed E-state index contributed by atoms with van der Waals surface area (Å²) in [6.07, 6.45) is 8.19. The van der Waals surface area contributed by atoms with Crippen molar-refractivity contribution in [2.45, 2.75) is 56.2 Å². The fourth-order valence-corrected chi connectivity index (χ4v) is 7.58. The lowest BCUT2D eigenvalue weighted by Crippen LogP contribution is -2.46. The summed E-state index contributed by atoms with van der Waals surface area (Å²) in [6.45, 7) is 2.06. The van der Waals surface area contributed by atoms with E-state index in [-0.39, 0.29) is 40.0 Å². The number of nitrogens with zero attached hydrogens (tertiary/aromatic N) is 4. The number of carbonyl (C=O) groups is 1. The van der Waals surface area contributed by atoms with Crippen LogP contribution in [0, 0.1) is 6.92 Å². The molecular formula is C28H27Cl2N5O4S. The highest BCUT2D eigenvalue weighted by atomic mass is 35.5. The fourth-order valence-electron chi connectivity index (χ4n) is 5.06. The van der Waals surface area contributed by atoms with Crippen LogP contribution in [-0.2, 0) is 21.4 Å². The molecule has 2 fully saturated rings. The molecule has 2 aromatic carbocycles. The van der Waals surface area contributed by atoms with E-state index < -0.39 is 16.1 Å². The number of imidazole rings is 1. The van der Waals surface area contributed by atoms with Crippen molar-refractivity contribution < 1.29 is 17.9 Å². The predicted octanol–water partition coefficient (Wildman–Crippen LogP) is 5.05. The van der Waals surface area contributed by atoms with Crippen LogP contribution < -0.4 is 10.1 Å². The van der Waals surface area contributed by atoms with Gasteiger partial charge in [0.25, 0.3) is 0 Å². The Hall–Kier alpha value is -3.18.